The molecule has 12 heteroatoms. The number of halogens is 3. The molecule has 2 aliphatic heterocycles. The second kappa shape index (κ2) is 21.1. The molecule has 1 atom stereocenters. The first-order valence-corrected chi connectivity index (χ1v) is 20.1. The Labute approximate surface area is 338 Å². The molecule has 3 aromatic carbocycles. The molecule has 0 saturated carbocycles. The summed E-state index contributed by atoms with van der Waals surface area (Å²) >= 11 is 0. The van der Waals surface area contributed by atoms with Crippen molar-refractivity contribution in [3.05, 3.63) is 126 Å². The van der Waals surface area contributed by atoms with Crippen molar-refractivity contribution in [2.45, 2.75) is 76.8 Å². The first-order valence-electron chi connectivity index (χ1n) is 20.1. The van der Waals surface area contributed by atoms with Crippen molar-refractivity contribution in [3.8, 4) is 11.1 Å². The van der Waals surface area contributed by atoms with Crippen molar-refractivity contribution in [2.24, 2.45) is 11.8 Å². The Morgan fingerprint density at radius 3 is 2.17 bits per heavy atom. The van der Waals surface area contributed by atoms with E-state index in [1.165, 1.54) is 45.2 Å². The maximum atomic E-state index is 13.7. The summed E-state index contributed by atoms with van der Waals surface area (Å²) in [6.45, 7) is 6.54. The van der Waals surface area contributed by atoms with Crippen LogP contribution in [0.4, 0.5) is 13.2 Å². The van der Waals surface area contributed by atoms with Crippen molar-refractivity contribution >= 4 is 23.9 Å². The zero-order valence-electron chi connectivity index (χ0n) is 33.0. The van der Waals surface area contributed by atoms with Crippen LogP contribution in [0.15, 0.2) is 109 Å². The highest BCUT2D eigenvalue weighted by Crippen LogP contribution is 2.30. The Balaban J connectivity index is 0.000000839. The Morgan fingerprint density at radius 1 is 0.914 bits per heavy atom. The predicted molar refractivity (Wildman–Crippen MR) is 218 cm³/mol. The smallest absolute Gasteiger partial charge is 0.475 e. The number of amides is 2. The molecule has 2 saturated heterocycles. The van der Waals surface area contributed by atoms with Crippen molar-refractivity contribution < 1.29 is 42.5 Å². The summed E-state index contributed by atoms with van der Waals surface area (Å²) in [5.74, 6) is -2.59. The number of ether oxygens (including phenoxy) is 1. The molecule has 2 heterocycles. The summed E-state index contributed by atoms with van der Waals surface area (Å²) in [5.41, 5.74) is 5.26. The molecule has 3 aromatic rings. The van der Waals surface area contributed by atoms with Crippen LogP contribution in [0.3, 0.4) is 0 Å². The molecule has 0 spiro atoms. The van der Waals surface area contributed by atoms with Gasteiger partial charge in [0, 0.05) is 43.5 Å². The lowest BCUT2D eigenvalue weighted by molar-refractivity contribution is -0.192. The Hall–Kier alpha value is -5.04. The van der Waals surface area contributed by atoms with Crippen LogP contribution in [0, 0.1) is 11.8 Å². The Bertz CT molecular complexity index is 1920. The monoisotopic (exact) mass is 801 g/mol. The summed E-state index contributed by atoms with van der Waals surface area (Å²) in [5, 5.41) is 21.3. The highest BCUT2D eigenvalue weighted by Gasteiger charge is 2.38. The van der Waals surface area contributed by atoms with Crippen LogP contribution in [0.5, 0.6) is 0 Å². The number of hydrogen-bond acceptors (Lipinski definition) is 6. The number of carbonyl (C=O) groups excluding carboxylic acids is 2. The largest absolute Gasteiger partial charge is 0.490 e. The van der Waals surface area contributed by atoms with Gasteiger partial charge >= 0.3 is 12.1 Å². The number of aliphatic carboxylic acids is 1. The SMILES string of the molecule is CCOC1(O)C=CC(N(Cc2cccc(-c3cccc(C(=O)N4CCC(CCCC5CCNCC5)CC4)c3)c2)C(=O)/C=C/c2ccccc2)=CC1.O=C(O)C(F)(F)F. The minimum Gasteiger partial charge on any atom is -0.475 e. The molecule has 1 aliphatic carbocycles. The zero-order valence-corrected chi connectivity index (χ0v) is 33.0. The molecule has 2 amide bonds. The van der Waals surface area contributed by atoms with Gasteiger partial charge in [0.2, 0.25) is 0 Å². The number of allylic oxidation sites excluding steroid dienone is 1. The summed E-state index contributed by atoms with van der Waals surface area (Å²) < 4.78 is 37.3. The average Bonchev–Trinajstić information content (AvgIpc) is 3.23. The second-order valence-electron chi connectivity index (χ2n) is 15.1. The number of hydrogen-bond donors (Lipinski definition) is 3. The van der Waals surface area contributed by atoms with Crippen molar-refractivity contribution in [1.29, 1.82) is 0 Å². The van der Waals surface area contributed by atoms with E-state index in [2.05, 4.69) is 11.4 Å². The fourth-order valence-corrected chi connectivity index (χ4v) is 7.61. The van der Waals surface area contributed by atoms with Crippen LogP contribution in [-0.4, -0.2) is 82.5 Å². The highest BCUT2D eigenvalue weighted by atomic mass is 19.4. The van der Waals surface area contributed by atoms with Crippen LogP contribution in [0.2, 0.25) is 0 Å². The van der Waals surface area contributed by atoms with Crippen LogP contribution in [0.1, 0.15) is 79.8 Å². The average molecular weight is 802 g/mol. The van der Waals surface area contributed by atoms with Gasteiger partial charge in [0.1, 0.15) is 0 Å². The van der Waals surface area contributed by atoms with Gasteiger partial charge in [-0.1, -0.05) is 86.0 Å². The van der Waals surface area contributed by atoms with E-state index in [0.717, 1.165) is 60.0 Å². The molecule has 3 aliphatic rings. The molecule has 58 heavy (non-hydrogen) atoms. The first kappa shape index (κ1) is 44.1. The van der Waals surface area contributed by atoms with Crippen LogP contribution >= 0.6 is 0 Å². The highest BCUT2D eigenvalue weighted by molar-refractivity contribution is 5.95. The van der Waals surface area contributed by atoms with E-state index < -0.39 is 17.9 Å². The molecule has 2 fully saturated rings. The molecule has 0 aromatic heterocycles. The third kappa shape index (κ3) is 13.3. The molecule has 310 valence electrons. The molecule has 6 rings (SSSR count). The minimum absolute atomic E-state index is 0.103. The van der Waals surface area contributed by atoms with Gasteiger partial charge in [-0.25, -0.2) is 4.79 Å². The van der Waals surface area contributed by atoms with E-state index in [4.69, 9.17) is 14.6 Å². The maximum Gasteiger partial charge on any atom is 0.490 e. The van der Waals surface area contributed by atoms with Gasteiger partial charge in [-0.05, 0) is 116 Å². The predicted octanol–water partition coefficient (Wildman–Crippen LogP) is 8.62. The first-order chi connectivity index (χ1) is 27.8. The van der Waals surface area contributed by atoms with E-state index in [-0.39, 0.29) is 18.2 Å². The fraction of sp³-hybridized carbons (Fsp3) is 0.413. The molecule has 3 N–H and O–H groups in total. The third-order valence-corrected chi connectivity index (χ3v) is 10.8. The lowest BCUT2D eigenvalue weighted by atomic mass is 9.87. The van der Waals surface area contributed by atoms with Crippen LogP contribution in [0.25, 0.3) is 17.2 Å². The topological polar surface area (TPSA) is 119 Å². The van der Waals surface area contributed by atoms with E-state index >= 15 is 0 Å². The number of nitrogens with one attached hydrogen (secondary N) is 1. The van der Waals surface area contributed by atoms with Crippen molar-refractivity contribution in [1.82, 2.24) is 15.1 Å². The number of rotatable bonds is 13. The molecular formula is C46H54F3N3O6. The van der Waals surface area contributed by atoms with Gasteiger partial charge < -0.3 is 30.1 Å². The number of likely N-dealkylation sites (tertiary alicyclic amines) is 1. The van der Waals surface area contributed by atoms with Crippen molar-refractivity contribution in [2.75, 3.05) is 32.8 Å². The number of carboxylic acid groups (broad SMARTS) is 1. The number of nitrogens with zero attached hydrogens (tertiary/aromatic N) is 2. The van der Waals surface area contributed by atoms with Gasteiger partial charge in [-0.15, -0.1) is 0 Å². The number of aliphatic hydroxyl groups is 1. The quantitative estimate of drug-likeness (QED) is 0.117. The zero-order chi connectivity index (χ0) is 41.5. The van der Waals surface area contributed by atoms with E-state index in [9.17, 15) is 27.9 Å². The van der Waals surface area contributed by atoms with Crippen LogP contribution < -0.4 is 5.32 Å². The number of carboxylic acids is 1. The van der Waals surface area contributed by atoms with E-state index in [1.807, 2.05) is 96.8 Å². The molecule has 1 unspecified atom stereocenters. The van der Waals surface area contributed by atoms with Gasteiger partial charge in [0.05, 0.1) is 6.54 Å². The van der Waals surface area contributed by atoms with Gasteiger partial charge in [-0.3, -0.25) is 9.59 Å². The second-order valence-corrected chi connectivity index (χ2v) is 15.1. The third-order valence-electron chi connectivity index (χ3n) is 10.8. The molecule has 9 nitrogen and oxygen atoms in total. The standard InChI is InChI=1S/C44H53N3O4.C2HF3O2/c1-2-51-44(50)25-19-41(20-26-44)47(42(48)18-17-34-9-4-3-5-10-34)33-37-13-7-14-38(31-37)39-15-8-16-40(32-39)43(49)46-29-23-36(24-30-46)12-6-11-35-21-27-45-28-22-35;3-2(4,5)1(6)7/h3-5,7-10,13-20,25,31-32,35-36,45,50H,2,6,11-12,21-24,26-30,33H2,1H3;(H,6,7)/b18-17+;. The Morgan fingerprint density at radius 2 is 1.55 bits per heavy atom. The Kier molecular flexibility index (Phi) is 16.0. The minimum atomic E-state index is -5.08. The normalized spacial score (nSPS) is 19.0. The van der Waals surface area contributed by atoms with Gasteiger partial charge in [-0.2, -0.15) is 13.2 Å². The summed E-state index contributed by atoms with van der Waals surface area (Å²) in [6.07, 6.45) is 12.5. The maximum absolute atomic E-state index is 13.7. The van der Waals surface area contributed by atoms with Crippen molar-refractivity contribution in [3.63, 3.8) is 0 Å². The molecule has 0 bridgehead atoms. The number of alkyl halides is 3. The fourth-order valence-electron chi connectivity index (χ4n) is 7.61. The molecular weight excluding hydrogens is 748 g/mol. The number of carbonyl (C=O) groups is 3. The van der Waals surface area contributed by atoms with Gasteiger partial charge in [0.25, 0.3) is 11.8 Å². The summed E-state index contributed by atoms with van der Waals surface area (Å²) in [6, 6.07) is 25.8. The van der Waals surface area contributed by atoms with E-state index in [0.29, 0.717) is 24.4 Å². The summed E-state index contributed by atoms with van der Waals surface area (Å²) in [7, 11) is 0. The molecule has 0 radical (unpaired) electrons. The van der Waals surface area contributed by atoms with E-state index in [1.54, 1.807) is 23.1 Å². The summed E-state index contributed by atoms with van der Waals surface area (Å²) in [4.78, 5) is 40.0. The lowest BCUT2D eigenvalue weighted by Crippen LogP contribution is -2.38. The number of piperidine rings is 2. The van der Waals surface area contributed by atoms with Crippen LogP contribution in [-0.2, 0) is 20.9 Å². The van der Waals surface area contributed by atoms with Gasteiger partial charge in [0.15, 0.2) is 5.79 Å². The number of benzene rings is 3. The lowest BCUT2D eigenvalue weighted by Gasteiger charge is -2.32.